The molecule has 8 nitrogen and oxygen atoms in total. The van der Waals surface area contributed by atoms with Crippen LogP contribution in [-0.2, 0) is 4.79 Å². The van der Waals surface area contributed by atoms with Crippen molar-refractivity contribution in [1.29, 1.82) is 0 Å². The number of rotatable bonds is 9. The van der Waals surface area contributed by atoms with E-state index in [1.54, 1.807) is 23.5 Å². The minimum atomic E-state index is -0.201. The monoisotopic (exact) mass is 524 g/mol. The summed E-state index contributed by atoms with van der Waals surface area (Å²) >= 11 is 7.76. The van der Waals surface area contributed by atoms with Crippen LogP contribution in [0.2, 0.25) is 5.02 Å². The molecule has 0 aliphatic carbocycles. The number of carbonyl (C=O) groups excluding carboxylic acids is 1. The summed E-state index contributed by atoms with van der Waals surface area (Å²) in [5.41, 5.74) is 9.11. The minimum Gasteiger partial charge on any atom is -0.405 e. The van der Waals surface area contributed by atoms with Gasteiger partial charge in [-0.2, -0.15) is 5.10 Å². The van der Waals surface area contributed by atoms with Crippen molar-refractivity contribution >= 4 is 34.4 Å². The number of allylic oxidation sites excluding steroid dienone is 3. The van der Waals surface area contributed by atoms with Crippen LogP contribution in [-0.4, -0.2) is 50.3 Å². The highest BCUT2D eigenvalue weighted by atomic mass is 35.5. The van der Waals surface area contributed by atoms with Crippen molar-refractivity contribution in [2.75, 3.05) is 13.2 Å². The number of carbonyl (C=O) groups is 1. The molecule has 10 heteroatoms. The van der Waals surface area contributed by atoms with Crippen molar-refractivity contribution in [3.05, 3.63) is 88.3 Å². The number of aromatic nitrogens is 3. The lowest BCUT2D eigenvalue weighted by Crippen LogP contribution is -2.36. The lowest BCUT2D eigenvalue weighted by molar-refractivity contribution is -0.118. The van der Waals surface area contributed by atoms with Crippen LogP contribution in [0.3, 0.4) is 0 Å². The Bertz CT molecular complexity index is 1270. The molecule has 3 heterocycles. The first-order valence-electron chi connectivity index (χ1n) is 11.6. The zero-order chi connectivity index (χ0) is 25.7. The molecule has 0 radical (unpaired) electrons. The van der Waals surface area contributed by atoms with Crippen LogP contribution in [0.4, 0.5) is 0 Å². The second-order valence-electron chi connectivity index (χ2n) is 8.56. The predicted octanol–water partition coefficient (Wildman–Crippen LogP) is 4.24. The van der Waals surface area contributed by atoms with Crippen molar-refractivity contribution < 1.29 is 9.90 Å². The maximum absolute atomic E-state index is 11.5. The summed E-state index contributed by atoms with van der Waals surface area (Å²) in [5, 5.41) is 20.6. The van der Waals surface area contributed by atoms with Crippen molar-refractivity contribution in [2.24, 2.45) is 5.73 Å². The lowest BCUT2D eigenvalue weighted by Gasteiger charge is -2.33. The molecule has 1 aromatic carbocycles. The number of H-pyrrole nitrogens is 1. The second kappa shape index (κ2) is 11.7. The van der Waals surface area contributed by atoms with Gasteiger partial charge in [-0.25, -0.2) is 4.98 Å². The third-order valence-electron chi connectivity index (χ3n) is 6.06. The van der Waals surface area contributed by atoms with Gasteiger partial charge in [-0.3, -0.25) is 14.8 Å². The molecular weight excluding hydrogens is 496 g/mol. The van der Waals surface area contributed by atoms with Crippen LogP contribution >= 0.6 is 22.9 Å². The van der Waals surface area contributed by atoms with E-state index in [-0.39, 0.29) is 24.6 Å². The number of likely N-dealkylation sites (tertiary alicyclic amines) is 1. The molecule has 2 unspecified atom stereocenters. The van der Waals surface area contributed by atoms with E-state index in [9.17, 15) is 9.90 Å². The Hall–Kier alpha value is -3.24. The van der Waals surface area contributed by atoms with Crippen LogP contribution in [0.25, 0.3) is 16.3 Å². The van der Waals surface area contributed by atoms with Gasteiger partial charge >= 0.3 is 0 Å². The van der Waals surface area contributed by atoms with Gasteiger partial charge in [0.25, 0.3) is 0 Å². The maximum atomic E-state index is 11.5. The molecule has 0 spiro atoms. The number of benzene rings is 1. The average molecular weight is 525 g/mol. The Morgan fingerprint density at radius 1 is 1.44 bits per heavy atom. The Morgan fingerprint density at radius 2 is 2.22 bits per heavy atom. The molecule has 1 saturated heterocycles. The lowest BCUT2D eigenvalue weighted by atomic mass is 9.95. The Kier molecular flexibility index (Phi) is 8.37. The highest BCUT2D eigenvalue weighted by Gasteiger charge is 2.35. The summed E-state index contributed by atoms with van der Waals surface area (Å²) in [6.07, 6.45) is 8.43. The summed E-state index contributed by atoms with van der Waals surface area (Å²) in [4.78, 5) is 20.1. The van der Waals surface area contributed by atoms with E-state index in [4.69, 9.17) is 17.3 Å². The summed E-state index contributed by atoms with van der Waals surface area (Å²) in [6, 6.07) is 9.82. The first kappa shape index (κ1) is 25.8. The van der Waals surface area contributed by atoms with Crippen LogP contribution in [0, 0.1) is 0 Å². The number of halogens is 1. The number of hydrogen-bond donors (Lipinski definition) is 4. The smallest absolute Gasteiger partial charge is 0.221 e. The third kappa shape index (κ3) is 5.76. The van der Waals surface area contributed by atoms with Crippen molar-refractivity contribution in [1.82, 2.24) is 25.4 Å². The van der Waals surface area contributed by atoms with Gasteiger partial charge in [0.05, 0.1) is 17.5 Å². The Morgan fingerprint density at radius 3 is 2.86 bits per heavy atom. The van der Waals surface area contributed by atoms with E-state index in [1.807, 2.05) is 24.3 Å². The van der Waals surface area contributed by atoms with Gasteiger partial charge in [0, 0.05) is 28.6 Å². The quantitative estimate of drug-likeness (QED) is 0.311. The summed E-state index contributed by atoms with van der Waals surface area (Å²) in [6.45, 7) is 6.31. The molecule has 4 rings (SSSR count). The molecule has 0 saturated carbocycles. The SMILES string of the molecule is C=C(/C=C(\C=C/N)c1cc(C(c2ccc(Cl)cc2)N2CCCC2CO)c(-c2ncn[nH]2)s1)NC(C)=O. The molecule has 36 heavy (non-hydrogen) atoms. The van der Waals surface area contributed by atoms with Gasteiger partial charge in [0.1, 0.15) is 6.33 Å². The van der Waals surface area contributed by atoms with E-state index in [1.165, 1.54) is 19.5 Å². The standard InChI is InChI=1S/C26H29ClN6O2S/c1-16(31-17(2)35)12-19(9-10-28)23-13-22(25(36-23)26-29-15-30-32-26)24(18-5-7-20(27)8-6-18)33-11-3-4-21(33)14-34/h5-10,12-13,15,21,24,34H,1,3-4,11,14,28H2,2H3,(H,31,35)(H,29,30,32)/b10-9-,19-12+. The summed E-state index contributed by atoms with van der Waals surface area (Å²) in [5.74, 6) is 0.449. The van der Waals surface area contributed by atoms with Crippen molar-refractivity contribution in [2.45, 2.75) is 31.8 Å². The number of thiophene rings is 1. The van der Waals surface area contributed by atoms with E-state index < -0.39 is 0 Å². The normalized spacial score (nSPS) is 17.5. The number of nitrogens with one attached hydrogen (secondary N) is 2. The summed E-state index contributed by atoms with van der Waals surface area (Å²) < 4.78 is 0. The van der Waals surface area contributed by atoms with Gasteiger partial charge < -0.3 is 16.2 Å². The number of amides is 1. The molecule has 1 amide bonds. The summed E-state index contributed by atoms with van der Waals surface area (Å²) in [7, 11) is 0. The van der Waals surface area contributed by atoms with Crippen LogP contribution in [0.15, 0.2) is 67.3 Å². The molecule has 1 aliphatic heterocycles. The van der Waals surface area contributed by atoms with E-state index in [0.29, 0.717) is 16.5 Å². The maximum Gasteiger partial charge on any atom is 0.221 e. The van der Waals surface area contributed by atoms with Crippen LogP contribution in [0.1, 0.15) is 41.8 Å². The van der Waals surface area contributed by atoms with E-state index in [2.05, 4.69) is 38.0 Å². The largest absolute Gasteiger partial charge is 0.405 e. The zero-order valence-corrected chi connectivity index (χ0v) is 21.5. The second-order valence-corrected chi connectivity index (χ2v) is 10.1. The molecule has 1 fully saturated rings. The number of hydrogen-bond acceptors (Lipinski definition) is 7. The van der Waals surface area contributed by atoms with E-state index >= 15 is 0 Å². The topological polar surface area (TPSA) is 120 Å². The predicted molar refractivity (Wildman–Crippen MR) is 144 cm³/mol. The van der Waals surface area contributed by atoms with Crippen LogP contribution in [0.5, 0.6) is 0 Å². The zero-order valence-electron chi connectivity index (χ0n) is 19.9. The van der Waals surface area contributed by atoms with Crippen molar-refractivity contribution in [3.63, 3.8) is 0 Å². The first-order chi connectivity index (χ1) is 17.4. The van der Waals surface area contributed by atoms with Gasteiger partial charge in [-0.1, -0.05) is 30.3 Å². The average Bonchev–Trinajstić information content (AvgIpc) is 3.61. The van der Waals surface area contributed by atoms with Gasteiger partial charge in [-0.15, -0.1) is 11.3 Å². The Labute approximate surface area is 219 Å². The molecule has 5 N–H and O–H groups in total. The number of aromatic amines is 1. The fourth-order valence-corrected chi connectivity index (χ4v) is 5.85. The molecule has 2 atom stereocenters. The number of aliphatic hydroxyl groups is 1. The molecule has 2 aromatic heterocycles. The number of nitrogens with zero attached hydrogens (tertiary/aromatic N) is 3. The number of nitrogens with two attached hydrogens (primary N) is 1. The van der Waals surface area contributed by atoms with Gasteiger partial charge in [-0.05, 0) is 72.6 Å². The molecule has 188 valence electrons. The highest BCUT2D eigenvalue weighted by molar-refractivity contribution is 7.16. The fraction of sp³-hybridized carbons (Fsp3) is 0.269. The van der Waals surface area contributed by atoms with Crippen molar-refractivity contribution in [3.8, 4) is 10.7 Å². The Balaban J connectivity index is 1.89. The minimum absolute atomic E-state index is 0.0371. The molecule has 1 aliphatic rings. The number of aliphatic hydroxyl groups excluding tert-OH is 1. The van der Waals surface area contributed by atoms with E-state index in [0.717, 1.165) is 45.8 Å². The molecule has 0 bridgehead atoms. The van der Waals surface area contributed by atoms with Gasteiger partial charge in [0.15, 0.2) is 5.82 Å². The third-order valence-corrected chi connectivity index (χ3v) is 7.52. The first-order valence-corrected chi connectivity index (χ1v) is 12.8. The highest BCUT2D eigenvalue weighted by Crippen LogP contribution is 2.44. The molecule has 3 aromatic rings. The van der Waals surface area contributed by atoms with Crippen LogP contribution < -0.4 is 11.1 Å². The molecular formula is C26H29ClN6O2S. The van der Waals surface area contributed by atoms with Gasteiger partial charge in [0.2, 0.25) is 5.91 Å². The fourth-order valence-electron chi connectivity index (χ4n) is 4.59.